The van der Waals surface area contributed by atoms with E-state index in [1.54, 1.807) is 0 Å². The molecule has 4 heteroatoms. The van der Waals surface area contributed by atoms with Crippen LogP contribution in [0.4, 0.5) is 0 Å². The van der Waals surface area contributed by atoms with E-state index in [4.69, 9.17) is 0 Å². The van der Waals surface area contributed by atoms with Crippen LogP contribution in [0.2, 0.25) is 0 Å². The van der Waals surface area contributed by atoms with Gasteiger partial charge in [-0.2, -0.15) is 0 Å². The molecule has 2 N–H and O–H groups in total. The number of nitrogens with one attached hydrogen (secondary N) is 1. The van der Waals surface area contributed by atoms with Crippen LogP contribution in [0.25, 0.3) is 0 Å². The molecule has 0 aliphatic heterocycles. The lowest BCUT2D eigenvalue weighted by Crippen LogP contribution is -2.39. The van der Waals surface area contributed by atoms with E-state index >= 15 is 0 Å². The fraction of sp³-hybridized carbons (Fsp3) is 0.562. The number of rotatable bonds is 8. The van der Waals surface area contributed by atoms with Crippen LogP contribution in [0, 0.1) is 0 Å². The van der Waals surface area contributed by atoms with Crippen molar-refractivity contribution in [2.45, 2.75) is 39.3 Å². The van der Waals surface area contributed by atoms with Gasteiger partial charge < -0.3 is 10.4 Å². The molecule has 0 aliphatic carbocycles. The lowest BCUT2D eigenvalue weighted by Gasteiger charge is -2.29. The molecule has 0 saturated carbocycles. The number of hydrogen-bond acceptors (Lipinski definition) is 3. The van der Waals surface area contributed by atoms with Crippen LogP contribution in [0.5, 0.6) is 0 Å². The van der Waals surface area contributed by atoms with Crippen molar-refractivity contribution in [2.24, 2.45) is 0 Å². The first-order valence-corrected chi connectivity index (χ1v) is 7.10. The highest BCUT2D eigenvalue weighted by atomic mass is 16.3. The van der Waals surface area contributed by atoms with Gasteiger partial charge in [-0.1, -0.05) is 30.3 Å². The van der Waals surface area contributed by atoms with E-state index < -0.39 is 5.60 Å². The van der Waals surface area contributed by atoms with Crippen LogP contribution >= 0.6 is 0 Å². The number of carbonyl (C=O) groups excluding carboxylic acids is 1. The Morgan fingerprint density at radius 2 is 1.95 bits per heavy atom. The van der Waals surface area contributed by atoms with Crippen LogP contribution in [0.1, 0.15) is 32.8 Å². The van der Waals surface area contributed by atoms with Crippen molar-refractivity contribution >= 4 is 5.91 Å². The second-order valence-corrected chi connectivity index (χ2v) is 5.85. The van der Waals surface area contributed by atoms with Crippen LogP contribution < -0.4 is 5.32 Å². The topological polar surface area (TPSA) is 52.6 Å². The Labute approximate surface area is 121 Å². The molecule has 0 saturated heterocycles. The van der Waals surface area contributed by atoms with Crippen LogP contribution in [0.3, 0.4) is 0 Å². The summed E-state index contributed by atoms with van der Waals surface area (Å²) in [4.78, 5) is 13.1. The van der Waals surface area contributed by atoms with Crippen molar-refractivity contribution in [3.63, 3.8) is 0 Å². The van der Waals surface area contributed by atoms with E-state index in [1.807, 2.05) is 32.0 Å². The summed E-state index contributed by atoms with van der Waals surface area (Å²) in [5, 5.41) is 12.8. The minimum absolute atomic E-state index is 0.00194. The Bertz CT molecular complexity index is 399. The van der Waals surface area contributed by atoms with Gasteiger partial charge in [0.2, 0.25) is 5.91 Å². The van der Waals surface area contributed by atoms with Crippen molar-refractivity contribution in [3.8, 4) is 0 Å². The van der Waals surface area contributed by atoms with Crippen molar-refractivity contribution in [1.29, 1.82) is 0 Å². The molecule has 112 valence electrons. The van der Waals surface area contributed by atoms with Crippen molar-refractivity contribution < 1.29 is 9.90 Å². The second-order valence-electron chi connectivity index (χ2n) is 5.85. The van der Waals surface area contributed by atoms with E-state index in [2.05, 4.69) is 22.3 Å². The largest absolute Gasteiger partial charge is 0.389 e. The molecule has 1 rings (SSSR count). The maximum absolute atomic E-state index is 10.8. The SMILES string of the molecule is CC(=O)NCCCN(Cc1ccccc1)CC(C)(C)O. The van der Waals surface area contributed by atoms with Crippen LogP contribution in [-0.4, -0.2) is 41.1 Å². The first-order valence-electron chi connectivity index (χ1n) is 7.10. The molecule has 20 heavy (non-hydrogen) atoms. The number of aliphatic hydroxyl groups is 1. The summed E-state index contributed by atoms with van der Waals surface area (Å²) < 4.78 is 0. The molecule has 1 amide bonds. The fourth-order valence-corrected chi connectivity index (χ4v) is 2.17. The lowest BCUT2D eigenvalue weighted by molar-refractivity contribution is -0.119. The summed E-state index contributed by atoms with van der Waals surface area (Å²) in [5.41, 5.74) is 0.513. The Balaban J connectivity index is 2.49. The Kier molecular flexibility index (Phi) is 6.68. The summed E-state index contributed by atoms with van der Waals surface area (Å²) in [7, 11) is 0. The zero-order chi connectivity index (χ0) is 15.0. The Morgan fingerprint density at radius 1 is 1.30 bits per heavy atom. The van der Waals surface area contributed by atoms with Gasteiger partial charge in [0, 0.05) is 33.1 Å². The van der Waals surface area contributed by atoms with Gasteiger partial charge in [0.1, 0.15) is 0 Å². The molecule has 1 aromatic rings. The molecule has 0 aliphatic rings. The number of carbonyl (C=O) groups is 1. The molecular formula is C16H26N2O2. The van der Waals surface area contributed by atoms with Crippen LogP contribution in [-0.2, 0) is 11.3 Å². The summed E-state index contributed by atoms with van der Waals surface area (Å²) in [6.45, 7) is 8.11. The van der Waals surface area contributed by atoms with Gasteiger partial charge >= 0.3 is 0 Å². The van der Waals surface area contributed by atoms with Gasteiger partial charge in [0.25, 0.3) is 0 Å². The standard InChI is InChI=1S/C16H26N2O2/c1-14(19)17-10-7-11-18(13-16(2,3)20)12-15-8-5-4-6-9-15/h4-6,8-9,20H,7,10-13H2,1-3H3,(H,17,19). The smallest absolute Gasteiger partial charge is 0.216 e. The van der Waals surface area contributed by atoms with E-state index in [1.165, 1.54) is 12.5 Å². The van der Waals surface area contributed by atoms with Gasteiger partial charge in [-0.05, 0) is 25.8 Å². The maximum atomic E-state index is 10.8. The molecule has 0 radical (unpaired) electrons. The minimum Gasteiger partial charge on any atom is -0.389 e. The normalized spacial score (nSPS) is 11.7. The Morgan fingerprint density at radius 3 is 2.50 bits per heavy atom. The van der Waals surface area contributed by atoms with Gasteiger partial charge in [-0.25, -0.2) is 0 Å². The van der Waals surface area contributed by atoms with E-state index in [-0.39, 0.29) is 5.91 Å². The minimum atomic E-state index is -0.719. The summed E-state index contributed by atoms with van der Waals surface area (Å²) in [5.74, 6) is 0.00194. The fourth-order valence-electron chi connectivity index (χ4n) is 2.17. The number of benzene rings is 1. The maximum Gasteiger partial charge on any atom is 0.216 e. The molecule has 0 unspecified atom stereocenters. The molecule has 0 spiro atoms. The summed E-state index contributed by atoms with van der Waals surface area (Å²) in [6, 6.07) is 10.2. The zero-order valence-electron chi connectivity index (χ0n) is 12.7. The molecule has 1 aromatic carbocycles. The van der Waals surface area contributed by atoms with Gasteiger partial charge in [-0.3, -0.25) is 9.69 Å². The third-order valence-corrected chi connectivity index (χ3v) is 2.88. The molecule has 0 heterocycles. The van der Waals surface area contributed by atoms with E-state index in [0.717, 1.165) is 19.5 Å². The van der Waals surface area contributed by atoms with Crippen molar-refractivity contribution in [2.75, 3.05) is 19.6 Å². The highest BCUT2D eigenvalue weighted by Crippen LogP contribution is 2.10. The number of hydrogen-bond donors (Lipinski definition) is 2. The number of nitrogens with zero attached hydrogens (tertiary/aromatic N) is 1. The van der Waals surface area contributed by atoms with E-state index in [0.29, 0.717) is 13.1 Å². The molecule has 0 aromatic heterocycles. The first-order chi connectivity index (χ1) is 9.37. The van der Waals surface area contributed by atoms with Gasteiger partial charge in [0.15, 0.2) is 0 Å². The Hall–Kier alpha value is -1.39. The summed E-state index contributed by atoms with van der Waals surface area (Å²) in [6.07, 6.45) is 0.877. The highest BCUT2D eigenvalue weighted by molar-refractivity contribution is 5.72. The predicted molar refractivity (Wildman–Crippen MR) is 81.3 cm³/mol. The van der Waals surface area contributed by atoms with Crippen molar-refractivity contribution in [3.05, 3.63) is 35.9 Å². The van der Waals surface area contributed by atoms with Gasteiger partial charge in [0.05, 0.1) is 5.60 Å². The molecular weight excluding hydrogens is 252 g/mol. The summed E-state index contributed by atoms with van der Waals surface area (Å²) >= 11 is 0. The average Bonchev–Trinajstić information content (AvgIpc) is 2.33. The van der Waals surface area contributed by atoms with Crippen LogP contribution in [0.15, 0.2) is 30.3 Å². The highest BCUT2D eigenvalue weighted by Gasteiger charge is 2.18. The second kappa shape index (κ2) is 8.02. The zero-order valence-corrected chi connectivity index (χ0v) is 12.7. The third-order valence-electron chi connectivity index (χ3n) is 2.88. The lowest BCUT2D eigenvalue weighted by atomic mass is 10.1. The monoisotopic (exact) mass is 278 g/mol. The average molecular weight is 278 g/mol. The number of amides is 1. The first kappa shape index (κ1) is 16.7. The molecule has 0 atom stereocenters. The molecule has 4 nitrogen and oxygen atoms in total. The predicted octanol–water partition coefficient (Wildman–Crippen LogP) is 1.79. The van der Waals surface area contributed by atoms with E-state index in [9.17, 15) is 9.90 Å². The third kappa shape index (κ3) is 7.92. The van der Waals surface area contributed by atoms with Gasteiger partial charge in [-0.15, -0.1) is 0 Å². The quantitative estimate of drug-likeness (QED) is 0.713. The van der Waals surface area contributed by atoms with Crippen molar-refractivity contribution in [1.82, 2.24) is 10.2 Å². The molecule has 0 fully saturated rings. The molecule has 0 bridgehead atoms.